The summed E-state index contributed by atoms with van der Waals surface area (Å²) in [6, 6.07) is 20.4. The van der Waals surface area contributed by atoms with Crippen LogP contribution in [0.2, 0.25) is 0 Å². The second-order valence-corrected chi connectivity index (χ2v) is 7.68. The van der Waals surface area contributed by atoms with E-state index in [4.69, 9.17) is 0 Å². The molecule has 6 nitrogen and oxygen atoms in total. The summed E-state index contributed by atoms with van der Waals surface area (Å²) in [5, 5.41) is 10.5. The topological polar surface area (TPSA) is 68.9 Å². The molecule has 0 radical (unpaired) electrons. The molecule has 6 heteroatoms. The van der Waals surface area contributed by atoms with Crippen LogP contribution in [0, 0.1) is 0 Å². The van der Waals surface area contributed by atoms with E-state index in [1.807, 2.05) is 24.3 Å². The minimum absolute atomic E-state index is 0.198. The van der Waals surface area contributed by atoms with Crippen LogP contribution in [0.15, 0.2) is 65.5 Å². The lowest BCUT2D eigenvalue weighted by molar-refractivity contribution is -0.114. The Labute approximate surface area is 178 Å². The first-order valence-electron chi connectivity index (χ1n) is 10.3. The maximum absolute atomic E-state index is 13.1. The number of aryl methyl sites for hydroxylation is 2. The summed E-state index contributed by atoms with van der Waals surface area (Å²) >= 11 is 0. The summed E-state index contributed by atoms with van der Waals surface area (Å²) in [5.74, 6) is 0.154. The Hall–Kier alpha value is -3.93. The Morgan fingerprint density at radius 1 is 0.968 bits per heavy atom. The predicted molar refractivity (Wildman–Crippen MR) is 125 cm³/mol. The van der Waals surface area contributed by atoms with Gasteiger partial charge in [0.2, 0.25) is 5.91 Å². The number of hydrogen-bond donors (Lipinski definition) is 1. The van der Waals surface area contributed by atoms with Crippen molar-refractivity contribution in [1.29, 1.82) is 0 Å². The van der Waals surface area contributed by atoms with Gasteiger partial charge in [0.05, 0.1) is 5.39 Å². The first-order valence-corrected chi connectivity index (χ1v) is 10.3. The van der Waals surface area contributed by atoms with Gasteiger partial charge in [0.25, 0.3) is 5.56 Å². The molecular formula is C25H22N4O2. The maximum atomic E-state index is 13.1. The Bertz CT molecular complexity index is 1560. The lowest BCUT2D eigenvalue weighted by atomic mass is 9.98. The highest BCUT2D eigenvalue weighted by atomic mass is 16.1. The molecular weight excluding hydrogens is 388 g/mol. The fourth-order valence-electron chi connectivity index (χ4n) is 4.45. The number of aromatic nitrogens is 3. The van der Waals surface area contributed by atoms with Crippen LogP contribution < -0.4 is 10.9 Å². The number of para-hydroxylation sites is 1. The Morgan fingerprint density at radius 2 is 1.71 bits per heavy atom. The lowest BCUT2D eigenvalue weighted by Gasteiger charge is -2.12. The first-order chi connectivity index (χ1) is 15.0. The highest BCUT2D eigenvalue weighted by Crippen LogP contribution is 2.35. The molecule has 0 fully saturated rings. The van der Waals surface area contributed by atoms with Crippen molar-refractivity contribution in [2.75, 3.05) is 5.32 Å². The molecule has 0 saturated heterocycles. The van der Waals surface area contributed by atoms with E-state index in [0.717, 1.165) is 23.1 Å². The normalized spacial score (nSPS) is 11.5. The zero-order chi connectivity index (χ0) is 21.7. The zero-order valence-electron chi connectivity index (χ0n) is 17.6. The van der Waals surface area contributed by atoms with E-state index in [1.165, 1.54) is 28.0 Å². The van der Waals surface area contributed by atoms with E-state index >= 15 is 0 Å². The third-order valence-corrected chi connectivity index (χ3v) is 5.77. The monoisotopic (exact) mass is 410 g/mol. The van der Waals surface area contributed by atoms with Gasteiger partial charge in [-0.3, -0.25) is 9.59 Å². The van der Waals surface area contributed by atoms with Gasteiger partial charge in [-0.15, -0.1) is 0 Å². The molecule has 5 rings (SSSR count). The SMILES string of the molecule is CCn1c2ccccc2c2cc(-c3cccc4c(NC(C)=O)nn(C)c(=O)c34)ccc21. The molecule has 154 valence electrons. The van der Waals surface area contributed by atoms with Gasteiger partial charge in [-0.1, -0.05) is 42.5 Å². The van der Waals surface area contributed by atoms with Crippen LogP contribution in [0.25, 0.3) is 43.7 Å². The summed E-state index contributed by atoms with van der Waals surface area (Å²) in [6.07, 6.45) is 0. The van der Waals surface area contributed by atoms with Gasteiger partial charge < -0.3 is 9.88 Å². The summed E-state index contributed by atoms with van der Waals surface area (Å²) < 4.78 is 3.58. The zero-order valence-corrected chi connectivity index (χ0v) is 17.6. The van der Waals surface area contributed by atoms with Crippen molar-refractivity contribution in [3.8, 4) is 11.1 Å². The van der Waals surface area contributed by atoms with Crippen LogP contribution in [0.3, 0.4) is 0 Å². The fraction of sp³-hybridized carbons (Fsp3) is 0.160. The summed E-state index contributed by atoms with van der Waals surface area (Å²) in [7, 11) is 1.60. The van der Waals surface area contributed by atoms with Crippen molar-refractivity contribution in [3.05, 3.63) is 71.0 Å². The van der Waals surface area contributed by atoms with Gasteiger partial charge in [-0.05, 0) is 36.2 Å². The van der Waals surface area contributed by atoms with E-state index in [2.05, 4.69) is 58.3 Å². The number of carbonyl (C=O) groups is 1. The van der Waals surface area contributed by atoms with Crippen molar-refractivity contribution in [2.24, 2.45) is 7.05 Å². The minimum Gasteiger partial charge on any atom is -0.341 e. The number of nitrogens with one attached hydrogen (secondary N) is 1. The summed E-state index contributed by atoms with van der Waals surface area (Å²) in [6.45, 7) is 4.45. The summed E-state index contributed by atoms with van der Waals surface area (Å²) in [4.78, 5) is 24.7. The highest BCUT2D eigenvalue weighted by molar-refractivity contribution is 6.11. The number of anilines is 1. The Morgan fingerprint density at radius 3 is 2.48 bits per heavy atom. The molecule has 2 heterocycles. The van der Waals surface area contributed by atoms with Crippen molar-refractivity contribution in [2.45, 2.75) is 20.4 Å². The van der Waals surface area contributed by atoms with Crippen LogP contribution in [-0.4, -0.2) is 20.3 Å². The molecule has 0 spiro atoms. The molecule has 0 aliphatic heterocycles. The molecule has 0 bridgehead atoms. The van der Waals surface area contributed by atoms with Crippen LogP contribution in [0.5, 0.6) is 0 Å². The van der Waals surface area contributed by atoms with Crippen LogP contribution in [-0.2, 0) is 18.4 Å². The smallest absolute Gasteiger partial charge is 0.275 e. The molecule has 31 heavy (non-hydrogen) atoms. The van der Waals surface area contributed by atoms with Gasteiger partial charge in [0.1, 0.15) is 0 Å². The molecule has 0 saturated carbocycles. The van der Waals surface area contributed by atoms with Gasteiger partial charge in [-0.25, -0.2) is 4.68 Å². The number of amides is 1. The minimum atomic E-state index is -0.230. The van der Waals surface area contributed by atoms with Gasteiger partial charge in [0, 0.05) is 47.7 Å². The molecule has 5 aromatic rings. The highest BCUT2D eigenvalue weighted by Gasteiger charge is 2.16. The number of fused-ring (bicyclic) bond motifs is 4. The molecule has 0 atom stereocenters. The first kappa shape index (κ1) is 19.1. The number of rotatable bonds is 3. The number of nitrogens with zero attached hydrogens (tertiary/aromatic N) is 3. The van der Waals surface area contributed by atoms with Crippen molar-refractivity contribution in [1.82, 2.24) is 14.3 Å². The predicted octanol–water partition coefficient (Wildman–Crippen LogP) is 4.69. The van der Waals surface area contributed by atoms with E-state index in [-0.39, 0.29) is 11.5 Å². The van der Waals surface area contributed by atoms with E-state index in [9.17, 15) is 9.59 Å². The average molecular weight is 410 g/mol. The largest absolute Gasteiger partial charge is 0.341 e. The molecule has 1 amide bonds. The number of benzene rings is 3. The number of hydrogen-bond acceptors (Lipinski definition) is 3. The molecule has 0 aliphatic carbocycles. The van der Waals surface area contributed by atoms with E-state index in [0.29, 0.717) is 16.6 Å². The third-order valence-electron chi connectivity index (χ3n) is 5.77. The summed E-state index contributed by atoms with van der Waals surface area (Å²) in [5.41, 5.74) is 3.94. The van der Waals surface area contributed by atoms with Gasteiger partial charge >= 0.3 is 0 Å². The van der Waals surface area contributed by atoms with Crippen LogP contribution in [0.1, 0.15) is 13.8 Å². The quantitative estimate of drug-likeness (QED) is 0.469. The van der Waals surface area contributed by atoms with Gasteiger partial charge in [0.15, 0.2) is 5.82 Å². The maximum Gasteiger partial charge on any atom is 0.275 e. The lowest BCUT2D eigenvalue weighted by Crippen LogP contribution is -2.23. The molecule has 3 aromatic carbocycles. The van der Waals surface area contributed by atoms with Crippen LogP contribution in [0.4, 0.5) is 5.82 Å². The Balaban J connectivity index is 1.84. The molecule has 0 aliphatic rings. The van der Waals surface area contributed by atoms with Crippen LogP contribution >= 0.6 is 0 Å². The number of carbonyl (C=O) groups excluding carboxylic acids is 1. The standard InChI is InChI=1S/C25H22N4O2/c1-4-29-21-11-6-5-8-18(21)20-14-16(12-13-22(20)29)17-9-7-10-19-23(17)25(31)28(3)27-24(19)26-15(2)30/h5-14H,4H2,1-3H3,(H,26,27,30). The second-order valence-electron chi connectivity index (χ2n) is 7.68. The second kappa shape index (κ2) is 7.09. The third kappa shape index (κ3) is 2.91. The molecule has 0 unspecified atom stereocenters. The molecule has 1 N–H and O–H groups in total. The van der Waals surface area contributed by atoms with E-state index in [1.54, 1.807) is 7.05 Å². The van der Waals surface area contributed by atoms with Crippen molar-refractivity contribution < 1.29 is 4.79 Å². The fourth-order valence-corrected chi connectivity index (χ4v) is 4.45. The van der Waals surface area contributed by atoms with E-state index < -0.39 is 0 Å². The van der Waals surface area contributed by atoms with Gasteiger partial charge in [-0.2, -0.15) is 5.10 Å². The average Bonchev–Trinajstić information content (AvgIpc) is 3.09. The van der Waals surface area contributed by atoms with Crippen molar-refractivity contribution in [3.63, 3.8) is 0 Å². The Kier molecular flexibility index (Phi) is 4.36. The molecule has 2 aromatic heterocycles. The van der Waals surface area contributed by atoms with Crippen molar-refractivity contribution >= 4 is 44.3 Å².